The minimum absolute atomic E-state index is 0. The van der Waals surface area contributed by atoms with E-state index in [9.17, 15) is 4.79 Å². The summed E-state index contributed by atoms with van der Waals surface area (Å²) in [4.78, 5) is 14.7. The number of carbonyl (C=O) groups excluding carboxylic acids is 1. The third-order valence-electron chi connectivity index (χ3n) is 4.77. The molecule has 1 amide bonds. The number of halogens is 3. The standard InChI is InChI=1S/C18H28ClN3O2.2ClH/c1-3-13(2)17(20)18(23)21-12-16(22-8-10-24-11-9-22)14-4-6-15(19)7-5-14;;/h4-7,13,16-17H,3,8-12,20H2,1-2H3,(H,21,23);2*1H. The van der Waals surface area contributed by atoms with Crippen LogP contribution in [0.5, 0.6) is 0 Å². The average Bonchev–Trinajstić information content (AvgIpc) is 2.62. The van der Waals surface area contributed by atoms with Crippen molar-refractivity contribution in [3.8, 4) is 0 Å². The molecule has 0 saturated carbocycles. The van der Waals surface area contributed by atoms with E-state index in [1.807, 2.05) is 38.1 Å². The van der Waals surface area contributed by atoms with Gasteiger partial charge in [-0.25, -0.2) is 0 Å². The normalized spacial score (nSPS) is 18.0. The molecule has 0 aromatic heterocycles. The van der Waals surface area contributed by atoms with Crippen LogP contribution < -0.4 is 11.1 Å². The first kappa shape index (κ1) is 25.4. The number of hydrogen-bond acceptors (Lipinski definition) is 4. The van der Waals surface area contributed by atoms with Crippen molar-refractivity contribution in [3.63, 3.8) is 0 Å². The molecule has 1 aromatic rings. The fourth-order valence-corrected chi connectivity index (χ4v) is 2.99. The average molecular weight is 427 g/mol. The second-order valence-corrected chi connectivity index (χ2v) is 6.81. The van der Waals surface area contributed by atoms with E-state index >= 15 is 0 Å². The second kappa shape index (κ2) is 12.8. The molecular formula is C18H30Cl3N3O2. The third-order valence-corrected chi connectivity index (χ3v) is 5.02. The van der Waals surface area contributed by atoms with E-state index in [-0.39, 0.29) is 42.7 Å². The lowest BCUT2D eigenvalue weighted by atomic mass is 9.99. The van der Waals surface area contributed by atoms with Gasteiger partial charge in [0.15, 0.2) is 0 Å². The molecule has 3 atom stereocenters. The third kappa shape index (κ3) is 7.22. The van der Waals surface area contributed by atoms with Gasteiger partial charge in [-0.05, 0) is 23.6 Å². The molecule has 2 rings (SSSR count). The van der Waals surface area contributed by atoms with Crippen LogP contribution in [0.3, 0.4) is 0 Å². The lowest BCUT2D eigenvalue weighted by Gasteiger charge is -2.35. The summed E-state index contributed by atoms with van der Waals surface area (Å²) in [5.74, 6) is 0.0824. The fraction of sp³-hybridized carbons (Fsp3) is 0.611. The zero-order valence-electron chi connectivity index (χ0n) is 15.3. The molecule has 150 valence electrons. The maximum absolute atomic E-state index is 12.3. The van der Waals surface area contributed by atoms with Gasteiger partial charge in [0.05, 0.1) is 25.3 Å². The summed E-state index contributed by atoms with van der Waals surface area (Å²) in [6, 6.07) is 7.44. The van der Waals surface area contributed by atoms with Crippen molar-refractivity contribution in [3.05, 3.63) is 34.9 Å². The van der Waals surface area contributed by atoms with Crippen LogP contribution in [0.25, 0.3) is 0 Å². The van der Waals surface area contributed by atoms with Gasteiger partial charge in [0, 0.05) is 24.7 Å². The van der Waals surface area contributed by atoms with Crippen LogP contribution in [0.2, 0.25) is 5.02 Å². The highest BCUT2D eigenvalue weighted by Gasteiger charge is 2.25. The summed E-state index contributed by atoms with van der Waals surface area (Å²) in [6.45, 7) is 7.70. The Bertz CT molecular complexity index is 525. The van der Waals surface area contributed by atoms with E-state index < -0.39 is 6.04 Å². The number of ether oxygens (including phenoxy) is 1. The summed E-state index contributed by atoms with van der Waals surface area (Å²) in [5.41, 5.74) is 7.17. The van der Waals surface area contributed by atoms with Crippen molar-refractivity contribution >= 4 is 42.3 Å². The summed E-state index contributed by atoms with van der Waals surface area (Å²) >= 11 is 6.00. The molecule has 0 spiro atoms. The number of morpholine rings is 1. The number of amides is 1. The number of rotatable bonds is 7. The predicted octanol–water partition coefficient (Wildman–Crippen LogP) is 3.05. The Kier molecular flexibility index (Phi) is 12.5. The van der Waals surface area contributed by atoms with Gasteiger partial charge in [0.25, 0.3) is 0 Å². The van der Waals surface area contributed by atoms with Gasteiger partial charge in [-0.2, -0.15) is 0 Å². The SMILES string of the molecule is CCC(C)C(N)C(=O)NCC(c1ccc(Cl)cc1)N1CCOCC1.Cl.Cl. The maximum Gasteiger partial charge on any atom is 0.237 e. The highest BCUT2D eigenvalue weighted by atomic mass is 35.5. The van der Waals surface area contributed by atoms with E-state index in [1.165, 1.54) is 0 Å². The van der Waals surface area contributed by atoms with Crippen LogP contribution >= 0.6 is 36.4 Å². The Labute approximate surface area is 173 Å². The van der Waals surface area contributed by atoms with Gasteiger partial charge < -0.3 is 15.8 Å². The van der Waals surface area contributed by atoms with Gasteiger partial charge in [-0.3, -0.25) is 9.69 Å². The molecule has 1 saturated heterocycles. The number of nitrogens with one attached hydrogen (secondary N) is 1. The minimum Gasteiger partial charge on any atom is -0.379 e. The summed E-state index contributed by atoms with van der Waals surface area (Å²) in [5, 5.41) is 3.74. The van der Waals surface area contributed by atoms with E-state index in [0.29, 0.717) is 24.8 Å². The number of carbonyl (C=O) groups is 1. The summed E-state index contributed by atoms with van der Waals surface area (Å²) in [6.07, 6.45) is 0.888. The highest BCUT2D eigenvalue weighted by molar-refractivity contribution is 6.30. The van der Waals surface area contributed by atoms with E-state index in [1.54, 1.807) is 0 Å². The quantitative estimate of drug-likeness (QED) is 0.703. The molecular weight excluding hydrogens is 397 g/mol. The molecule has 1 aromatic carbocycles. The molecule has 1 aliphatic rings. The van der Waals surface area contributed by atoms with Crippen LogP contribution in [0.4, 0.5) is 0 Å². The maximum atomic E-state index is 12.3. The van der Waals surface area contributed by atoms with Gasteiger partial charge in [-0.15, -0.1) is 24.8 Å². The first-order valence-corrected chi connectivity index (χ1v) is 9.01. The molecule has 0 radical (unpaired) electrons. The van der Waals surface area contributed by atoms with E-state index in [2.05, 4.69) is 10.2 Å². The zero-order chi connectivity index (χ0) is 17.5. The summed E-state index contributed by atoms with van der Waals surface area (Å²) < 4.78 is 5.44. The number of hydrogen-bond donors (Lipinski definition) is 2. The zero-order valence-corrected chi connectivity index (χ0v) is 17.7. The van der Waals surface area contributed by atoms with Crippen molar-refractivity contribution in [2.45, 2.75) is 32.4 Å². The Morgan fingerprint density at radius 3 is 2.38 bits per heavy atom. The smallest absolute Gasteiger partial charge is 0.237 e. The number of nitrogens with zero attached hydrogens (tertiary/aromatic N) is 1. The number of benzene rings is 1. The molecule has 0 aliphatic carbocycles. The van der Waals surface area contributed by atoms with Crippen molar-refractivity contribution in [2.24, 2.45) is 11.7 Å². The lowest BCUT2D eigenvalue weighted by molar-refractivity contribution is -0.123. The minimum atomic E-state index is -0.467. The van der Waals surface area contributed by atoms with Gasteiger partial charge in [0.2, 0.25) is 5.91 Å². The molecule has 3 N–H and O–H groups in total. The molecule has 1 fully saturated rings. The van der Waals surface area contributed by atoms with Crippen molar-refractivity contribution in [1.29, 1.82) is 0 Å². The van der Waals surface area contributed by atoms with Crippen LogP contribution in [0, 0.1) is 5.92 Å². The van der Waals surface area contributed by atoms with Crippen LogP contribution in [0.1, 0.15) is 31.9 Å². The fourth-order valence-electron chi connectivity index (χ4n) is 2.86. The van der Waals surface area contributed by atoms with Gasteiger partial charge in [0.1, 0.15) is 0 Å². The van der Waals surface area contributed by atoms with Crippen LogP contribution in [0.15, 0.2) is 24.3 Å². The molecule has 5 nitrogen and oxygen atoms in total. The molecule has 0 bridgehead atoms. The molecule has 1 heterocycles. The Hall–Kier alpha value is -0.560. The second-order valence-electron chi connectivity index (χ2n) is 6.37. The molecule has 3 unspecified atom stereocenters. The Morgan fingerprint density at radius 2 is 1.85 bits per heavy atom. The van der Waals surface area contributed by atoms with Crippen LogP contribution in [-0.2, 0) is 9.53 Å². The molecule has 8 heteroatoms. The predicted molar refractivity (Wildman–Crippen MR) is 112 cm³/mol. The largest absolute Gasteiger partial charge is 0.379 e. The topological polar surface area (TPSA) is 67.6 Å². The lowest BCUT2D eigenvalue weighted by Crippen LogP contribution is -2.48. The molecule has 1 aliphatic heterocycles. The van der Waals surface area contributed by atoms with Crippen molar-refractivity contribution in [2.75, 3.05) is 32.8 Å². The van der Waals surface area contributed by atoms with E-state index in [0.717, 1.165) is 25.1 Å². The van der Waals surface area contributed by atoms with Crippen molar-refractivity contribution in [1.82, 2.24) is 10.2 Å². The van der Waals surface area contributed by atoms with Crippen molar-refractivity contribution < 1.29 is 9.53 Å². The number of nitrogens with two attached hydrogens (primary N) is 1. The monoisotopic (exact) mass is 425 g/mol. The van der Waals surface area contributed by atoms with E-state index in [4.69, 9.17) is 22.1 Å². The first-order chi connectivity index (χ1) is 11.5. The first-order valence-electron chi connectivity index (χ1n) is 8.63. The Balaban J connectivity index is 0.00000312. The van der Waals surface area contributed by atoms with Gasteiger partial charge in [-0.1, -0.05) is 44.0 Å². The van der Waals surface area contributed by atoms with Crippen LogP contribution in [-0.4, -0.2) is 49.7 Å². The van der Waals surface area contributed by atoms with Gasteiger partial charge >= 0.3 is 0 Å². The molecule has 26 heavy (non-hydrogen) atoms. The Morgan fingerprint density at radius 1 is 1.27 bits per heavy atom. The summed E-state index contributed by atoms with van der Waals surface area (Å²) in [7, 11) is 0. The highest BCUT2D eigenvalue weighted by Crippen LogP contribution is 2.23.